The summed E-state index contributed by atoms with van der Waals surface area (Å²) in [4.78, 5) is 9.68. The summed E-state index contributed by atoms with van der Waals surface area (Å²) in [6, 6.07) is 24.5. The Balaban J connectivity index is 1.63. The first kappa shape index (κ1) is 16.4. The summed E-state index contributed by atoms with van der Waals surface area (Å²) in [6.07, 6.45) is -0.318. The fourth-order valence-electron chi connectivity index (χ4n) is 3.04. The van der Waals surface area contributed by atoms with E-state index in [9.17, 15) is 0 Å². The van der Waals surface area contributed by atoms with E-state index in [0.29, 0.717) is 0 Å². The zero-order valence-electron chi connectivity index (χ0n) is 14.6. The van der Waals surface area contributed by atoms with Gasteiger partial charge in [-0.25, -0.2) is 9.97 Å². The maximum Gasteiger partial charge on any atom is 0.201 e. The molecule has 0 aliphatic heterocycles. The Morgan fingerprint density at radius 3 is 1.89 bits per heavy atom. The Hall–Kier alpha value is -2.76. The minimum absolute atomic E-state index is 0.318. The molecular weight excluding hydrogens is 372 g/mol. The summed E-state index contributed by atoms with van der Waals surface area (Å²) in [5.41, 5.74) is 3.16. The van der Waals surface area contributed by atoms with Gasteiger partial charge in [-0.3, -0.25) is 0 Å². The number of para-hydroxylation sites is 2. The van der Waals surface area contributed by atoms with Gasteiger partial charge in [-0.1, -0.05) is 36.4 Å². The van der Waals surface area contributed by atoms with Crippen molar-refractivity contribution < 1.29 is 4.74 Å². The van der Waals surface area contributed by atoms with Gasteiger partial charge in [0.15, 0.2) is 0 Å². The number of ether oxygens (including phenoxy) is 1. The molecule has 2 aromatic heterocycles. The fourth-order valence-corrected chi connectivity index (χ4v) is 5.11. The first-order chi connectivity index (χ1) is 13.3. The van der Waals surface area contributed by atoms with E-state index in [2.05, 4.69) is 25.1 Å². The average Bonchev–Trinajstić information content (AvgIpc) is 3.30. The zero-order valence-corrected chi connectivity index (χ0v) is 16.3. The highest BCUT2D eigenvalue weighted by Gasteiger charge is 2.24. The normalized spacial score (nSPS) is 11.5. The van der Waals surface area contributed by atoms with E-state index >= 15 is 0 Å². The summed E-state index contributed by atoms with van der Waals surface area (Å²) < 4.78 is 8.74. The molecule has 0 radical (unpaired) electrons. The monoisotopic (exact) mass is 388 g/mol. The first-order valence-electron chi connectivity index (χ1n) is 8.70. The molecule has 0 N–H and O–H groups in total. The molecule has 0 bridgehead atoms. The molecule has 3 aromatic carbocycles. The molecule has 5 rings (SSSR count). The summed E-state index contributed by atoms with van der Waals surface area (Å²) in [5.74, 6) is 0.832. The number of thiazole rings is 2. The van der Waals surface area contributed by atoms with E-state index < -0.39 is 0 Å². The lowest BCUT2D eigenvalue weighted by atomic mass is 10.2. The SMILES string of the molecule is Cc1cccc(OC(c2nc3ccccc3s2)c2nc3ccccc3s2)c1. The van der Waals surface area contributed by atoms with Crippen molar-refractivity contribution in [2.75, 3.05) is 0 Å². The zero-order chi connectivity index (χ0) is 18.2. The first-order valence-corrected chi connectivity index (χ1v) is 10.3. The smallest absolute Gasteiger partial charge is 0.201 e. The fraction of sp³-hybridized carbons (Fsp3) is 0.0909. The van der Waals surface area contributed by atoms with Gasteiger partial charge in [0.1, 0.15) is 15.8 Å². The third-order valence-electron chi connectivity index (χ3n) is 4.31. The number of hydrogen-bond donors (Lipinski definition) is 0. The van der Waals surface area contributed by atoms with Crippen LogP contribution in [0.25, 0.3) is 20.4 Å². The summed E-state index contributed by atoms with van der Waals surface area (Å²) >= 11 is 3.33. The molecule has 132 valence electrons. The Morgan fingerprint density at radius 1 is 0.741 bits per heavy atom. The quantitative estimate of drug-likeness (QED) is 0.358. The van der Waals surface area contributed by atoms with Crippen LogP contribution in [0.3, 0.4) is 0 Å². The number of fused-ring (bicyclic) bond motifs is 2. The van der Waals surface area contributed by atoms with Crippen LogP contribution in [0.4, 0.5) is 0 Å². The third kappa shape index (κ3) is 3.20. The van der Waals surface area contributed by atoms with Crippen LogP contribution in [0.1, 0.15) is 21.7 Å². The van der Waals surface area contributed by atoms with Crippen molar-refractivity contribution in [3.05, 3.63) is 88.4 Å². The van der Waals surface area contributed by atoms with E-state index in [1.807, 2.05) is 54.6 Å². The van der Waals surface area contributed by atoms with Gasteiger partial charge in [-0.2, -0.15) is 0 Å². The standard InChI is InChI=1S/C22H16N2OS2/c1-14-7-6-8-15(13-14)25-20(21-23-16-9-2-4-11-18(16)26-21)22-24-17-10-3-5-12-19(17)27-22/h2-13,20H,1H3. The highest BCUT2D eigenvalue weighted by Crippen LogP contribution is 2.37. The molecule has 5 aromatic rings. The highest BCUT2D eigenvalue weighted by molar-refractivity contribution is 7.20. The van der Waals surface area contributed by atoms with E-state index in [1.54, 1.807) is 22.7 Å². The third-order valence-corrected chi connectivity index (χ3v) is 6.47. The molecule has 0 unspecified atom stereocenters. The Kier molecular flexibility index (Phi) is 4.11. The average molecular weight is 389 g/mol. The lowest BCUT2D eigenvalue weighted by Crippen LogP contribution is -2.09. The van der Waals surface area contributed by atoms with E-state index in [4.69, 9.17) is 14.7 Å². The lowest BCUT2D eigenvalue weighted by molar-refractivity contribution is 0.246. The Labute approximate surface area is 164 Å². The van der Waals surface area contributed by atoms with Crippen molar-refractivity contribution in [1.82, 2.24) is 9.97 Å². The number of hydrogen-bond acceptors (Lipinski definition) is 5. The minimum Gasteiger partial charge on any atom is -0.476 e. The predicted octanol–water partition coefficient (Wildman–Crippen LogP) is 6.38. The highest BCUT2D eigenvalue weighted by atomic mass is 32.1. The molecule has 0 aliphatic carbocycles. The van der Waals surface area contributed by atoms with Gasteiger partial charge in [-0.05, 0) is 48.9 Å². The topological polar surface area (TPSA) is 35.0 Å². The second kappa shape index (κ2) is 6.76. The van der Waals surface area contributed by atoms with Gasteiger partial charge in [0.05, 0.1) is 20.4 Å². The van der Waals surface area contributed by atoms with Crippen LogP contribution in [0.5, 0.6) is 5.75 Å². The largest absolute Gasteiger partial charge is 0.476 e. The molecular formula is C22H16N2OS2. The maximum atomic E-state index is 6.42. The van der Waals surface area contributed by atoms with Crippen molar-refractivity contribution in [2.45, 2.75) is 13.0 Å². The van der Waals surface area contributed by atoms with Crippen LogP contribution in [0, 0.1) is 6.92 Å². The van der Waals surface area contributed by atoms with E-state index in [0.717, 1.165) is 36.2 Å². The Morgan fingerprint density at radius 2 is 1.33 bits per heavy atom. The second-order valence-electron chi connectivity index (χ2n) is 6.35. The molecule has 0 spiro atoms. The Bertz CT molecular complexity index is 1100. The number of benzene rings is 3. The molecule has 0 fully saturated rings. The molecule has 2 heterocycles. The van der Waals surface area contributed by atoms with Crippen molar-refractivity contribution in [2.24, 2.45) is 0 Å². The number of nitrogens with zero attached hydrogens (tertiary/aromatic N) is 2. The molecule has 0 atom stereocenters. The second-order valence-corrected chi connectivity index (χ2v) is 8.48. The predicted molar refractivity (Wildman–Crippen MR) is 113 cm³/mol. The van der Waals surface area contributed by atoms with Crippen LogP contribution in [-0.4, -0.2) is 9.97 Å². The molecule has 0 saturated carbocycles. The molecule has 3 nitrogen and oxygen atoms in total. The van der Waals surface area contributed by atoms with Crippen molar-refractivity contribution in [3.8, 4) is 5.75 Å². The molecule has 0 aliphatic rings. The van der Waals surface area contributed by atoms with Crippen LogP contribution >= 0.6 is 22.7 Å². The van der Waals surface area contributed by atoms with Gasteiger partial charge >= 0.3 is 0 Å². The van der Waals surface area contributed by atoms with E-state index in [1.165, 1.54) is 5.56 Å². The number of aromatic nitrogens is 2. The van der Waals surface area contributed by atoms with Crippen molar-refractivity contribution in [1.29, 1.82) is 0 Å². The van der Waals surface area contributed by atoms with Gasteiger partial charge in [0, 0.05) is 0 Å². The van der Waals surface area contributed by atoms with Crippen molar-refractivity contribution in [3.63, 3.8) is 0 Å². The van der Waals surface area contributed by atoms with Gasteiger partial charge in [0.25, 0.3) is 0 Å². The molecule has 0 saturated heterocycles. The van der Waals surface area contributed by atoms with Gasteiger partial charge < -0.3 is 4.74 Å². The van der Waals surface area contributed by atoms with Gasteiger partial charge in [0.2, 0.25) is 6.10 Å². The van der Waals surface area contributed by atoms with Gasteiger partial charge in [-0.15, -0.1) is 22.7 Å². The van der Waals surface area contributed by atoms with Crippen LogP contribution in [0.2, 0.25) is 0 Å². The van der Waals surface area contributed by atoms with Crippen LogP contribution in [0.15, 0.2) is 72.8 Å². The minimum atomic E-state index is -0.318. The van der Waals surface area contributed by atoms with E-state index in [-0.39, 0.29) is 6.10 Å². The van der Waals surface area contributed by atoms with Crippen molar-refractivity contribution >= 4 is 43.1 Å². The number of rotatable bonds is 4. The molecule has 5 heteroatoms. The molecule has 27 heavy (non-hydrogen) atoms. The lowest BCUT2D eigenvalue weighted by Gasteiger charge is -2.15. The summed E-state index contributed by atoms with van der Waals surface area (Å²) in [5, 5.41) is 1.86. The summed E-state index contributed by atoms with van der Waals surface area (Å²) in [7, 11) is 0. The van der Waals surface area contributed by atoms with Crippen LogP contribution < -0.4 is 4.74 Å². The summed E-state index contributed by atoms with van der Waals surface area (Å²) in [6.45, 7) is 2.07. The molecule has 0 amide bonds. The number of aryl methyl sites for hydroxylation is 1. The van der Waals surface area contributed by atoms with Crippen LogP contribution in [-0.2, 0) is 0 Å². The maximum absolute atomic E-state index is 6.42.